The Balaban J connectivity index is 2.80. The lowest BCUT2D eigenvalue weighted by Crippen LogP contribution is -2.43. The molecule has 140 valence electrons. The van der Waals surface area contributed by atoms with E-state index in [2.05, 4.69) is 67.7 Å². The minimum Gasteiger partial charge on any atom is -0.467 e. The van der Waals surface area contributed by atoms with Crippen molar-refractivity contribution < 1.29 is 13.3 Å². The van der Waals surface area contributed by atoms with Gasteiger partial charge in [0.05, 0.1) is 6.26 Å². The molecule has 0 radical (unpaired) electrons. The minimum atomic E-state index is -1.86. The van der Waals surface area contributed by atoms with E-state index in [9.17, 15) is 0 Å². The average Bonchev–Trinajstić information content (AvgIpc) is 2.88. The molecular weight excluding hydrogens is 332 g/mol. The molecule has 1 aromatic heterocycles. The third kappa shape index (κ3) is 5.58. The molecule has 0 amide bonds. The van der Waals surface area contributed by atoms with Crippen LogP contribution in [-0.4, -0.2) is 23.2 Å². The van der Waals surface area contributed by atoms with Crippen LogP contribution < -0.4 is 0 Å². The second kappa shape index (κ2) is 7.48. The van der Waals surface area contributed by atoms with Gasteiger partial charge in [0, 0.05) is 13.0 Å². The Morgan fingerprint density at radius 2 is 1.50 bits per heavy atom. The third-order valence-electron chi connectivity index (χ3n) is 5.75. The van der Waals surface area contributed by atoms with Gasteiger partial charge in [0.2, 0.25) is 0 Å². The maximum absolute atomic E-state index is 6.63. The van der Waals surface area contributed by atoms with Gasteiger partial charge in [-0.2, -0.15) is 0 Å². The Morgan fingerprint density at radius 3 is 1.92 bits per heavy atom. The molecule has 0 saturated carbocycles. The SMILES string of the molecule is CC(C)(C)[Si](C)(C)OCC[C@H](O[Si](C)(C)C(C)(C)C)c1ccco1. The summed E-state index contributed by atoms with van der Waals surface area (Å²) in [4.78, 5) is 0. The summed E-state index contributed by atoms with van der Waals surface area (Å²) in [5.74, 6) is 0.915. The van der Waals surface area contributed by atoms with Crippen LogP contribution in [0.5, 0.6) is 0 Å². The number of rotatable bonds is 7. The molecule has 0 N–H and O–H groups in total. The molecule has 5 heteroatoms. The zero-order chi connectivity index (χ0) is 18.8. The van der Waals surface area contributed by atoms with Gasteiger partial charge in [-0.1, -0.05) is 41.5 Å². The number of hydrogen-bond donors (Lipinski definition) is 0. The van der Waals surface area contributed by atoms with Crippen LogP contribution in [0, 0.1) is 0 Å². The Hall–Kier alpha value is -0.366. The van der Waals surface area contributed by atoms with Gasteiger partial charge in [0.15, 0.2) is 16.6 Å². The summed E-state index contributed by atoms with van der Waals surface area (Å²) in [5.41, 5.74) is 0. The van der Waals surface area contributed by atoms with Crippen LogP contribution >= 0.6 is 0 Å². The minimum absolute atomic E-state index is 0.0225. The van der Waals surface area contributed by atoms with Gasteiger partial charge in [-0.3, -0.25) is 0 Å². The molecule has 0 unspecified atom stereocenters. The molecule has 0 saturated heterocycles. The van der Waals surface area contributed by atoms with Crippen molar-refractivity contribution in [1.82, 2.24) is 0 Å². The second-order valence-corrected chi connectivity index (χ2v) is 19.3. The van der Waals surface area contributed by atoms with E-state index in [4.69, 9.17) is 13.3 Å². The quantitative estimate of drug-likeness (QED) is 0.497. The van der Waals surface area contributed by atoms with Crippen LogP contribution in [0.25, 0.3) is 0 Å². The highest BCUT2D eigenvalue weighted by Crippen LogP contribution is 2.41. The summed E-state index contributed by atoms with van der Waals surface area (Å²) in [7, 11) is -3.59. The molecule has 0 aliphatic heterocycles. The number of furan rings is 1. The fourth-order valence-electron chi connectivity index (χ4n) is 1.90. The molecule has 0 aliphatic rings. The predicted octanol–water partition coefficient (Wildman–Crippen LogP) is 6.75. The molecule has 0 aliphatic carbocycles. The van der Waals surface area contributed by atoms with Gasteiger partial charge in [0.25, 0.3) is 0 Å². The molecule has 3 nitrogen and oxygen atoms in total. The molecule has 1 aromatic rings. The van der Waals surface area contributed by atoms with Crippen LogP contribution in [0.3, 0.4) is 0 Å². The second-order valence-electron chi connectivity index (χ2n) is 9.78. The standard InChI is InChI=1S/C19H38O3Si2/c1-18(2,3)23(7,8)21-15-13-17(16-12-11-14-20-16)22-24(9,10)19(4,5)6/h11-12,14,17H,13,15H2,1-10H3/t17-/m0/s1. The van der Waals surface area contributed by atoms with E-state index in [1.54, 1.807) is 6.26 Å². The highest BCUT2D eigenvalue weighted by molar-refractivity contribution is 6.74. The maximum atomic E-state index is 6.63. The summed E-state index contributed by atoms with van der Waals surface area (Å²) in [6.45, 7) is 23.5. The lowest BCUT2D eigenvalue weighted by molar-refractivity contribution is 0.122. The first-order valence-corrected chi connectivity index (χ1v) is 14.8. The molecule has 1 rings (SSSR count). The van der Waals surface area contributed by atoms with Crippen LogP contribution in [-0.2, 0) is 8.85 Å². The molecule has 0 fully saturated rings. The average molecular weight is 371 g/mol. The van der Waals surface area contributed by atoms with Crippen molar-refractivity contribution in [1.29, 1.82) is 0 Å². The van der Waals surface area contributed by atoms with Crippen molar-refractivity contribution >= 4 is 16.6 Å². The van der Waals surface area contributed by atoms with Crippen molar-refractivity contribution in [3.05, 3.63) is 24.2 Å². The molecule has 0 aromatic carbocycles. The molecule has 1 heterocycles. The predicted molar refractivity (Wildman–Crippen MR) is 107 cm³/mol. The summed E-state index contributed by atoms with van der Waals surface area (Å²) < 4.78 is 18.6. The third-order valence-corrected chi connectivity index (χ3v) is 14.8. The van der Waals surface area contributed by atoms with Gasteiger partial charge in [0.1, 0.15) is 11.9 Å². The van der Waals surface area contributed by atoms with Gasteiger partial charge in [-0.05, 0) is 48.4 Å². The highest BCUT2D eigenvalue weighted by Gasteiger charge is 2.41. The largest absolute Gasteiger partial charge is 0.467 e. The van der Waals surface area contributed by atoms with Crippen LogP contribution in [0.1, 0.15) is 59.8 Å². The summed E-state index contributed by atoms with van der Waals surface area (Å²) in [6.07, 6.45) is 2.55. The Bertz CT molecular complexity index is 494. The highest BCUT2D eigenvalue weighted by atomic mass is 28.4. The summed E-state index contributed by atoms with van der Waals surface area (Å²) >= 11 is 0. The first-order chi connectivity index (χ1) is 10.7. The van der Waals surface area contributed by atoms with Gasteiger partial charge >= 0.3 is 0 Å². The normalized spacial score (nSPS) is 15.6. The first-order valence-electron chi connectivity index (χ1n) is 9.02. The topological polar surface area (TPSA) is 31.6 Å². The van der Waals surface area contributed by atoms with Crippen molar-refractivity contribution in [2.75, 3.05) is 6.61 Å². The molecule has 0 bridgehead atoms. The first kappa shape index (κ1) is 21.7. The molecule has 1 atom stereocenters. The van der Waals surface area contributed by atoms with Crippen molar-refractivity contribution in [3.8, 4) is 0 Å². The lowest BCUT2D eigenvalue weighted by Gasteiger charge is -2.39. The lowest BCUT2D eigenvalue weighted by atomic mass is 10.2. The monoisotopic (exact) mass is 370 g/mol. The molecule has 24 heavy (non-hydrogen) atoms. The van der Waals surface area contributed by atoms with Crippen molar-refractivity contribution in [2.24, 2.45) is 0 Å². The molecular formula is C19H38O3Si2. The van der Waals surface area contributed by atoms with E-state index in [1.807, 2.05) is 12.1 Å². The van der Waals surface area contributed by atoms with E-state index < -0.39 is 16.6 Å². The fourth-order valence-corrected chi connectivity index (χ4v) is 4.26. The van der Waals surface area contributed by atoms with Crippen molar-refractivity contribution in [3.63, 3.8) is 0 Å². The van der Waals surface area contributed by atoms with Crippen LogP contribution in [0.15, 0.2) is 22.8 Å². The van der Waals surface area contributed by atoms with Crippen LogP contribution in [0.4, 0.5) is 0 Å². The van der Waals surface area contributed by atoms with E-state index in [-0.39, 0.29) is 16.2 Å². The zero-order valence-corrected chi connectivity index (χ0v) is 19.4. The van der Waals surface area contributed by atoms with E-state index in [0.29, 0.717) is 0 Å². The van der Waals surface area contributed by atoms with E-state index in [1.165, 1.54) is 0 Å². The maximum Gasteiger partial charge on any atom is 0.193 e. The summed E-state index contributed by atoms with van der Waals surface area (Å²) in [6, 6.07) is 3.95. The number of hydrogen-bond acceptors (Lipinski definition) is 3. The summed E-state index contributed by atoms with van der Waals surface area (Å²) in [5, 5.41) is 0.408. The Morgan fingerprint density at radius 1 is 0.958 bits per heavy atom. The zero-order valence-electron chi connectivity index (χ0n) is 17.4. The Kier molecular flexibility index (Phi) is 6.76. The Labute approximate surface area is 151 Å². The fraction of sp³-hybridized carbons (Fsp3) is 0.789. The van der Waals surface area contributed by atoms with Gasteiger partial charge < -0.3 is 13.3 Å². The van der Waals surface area contributed by atoms with Gasteiger partial charge in [-0.15, -0.1) is 0 Å². The smallest absolute Gasteiger partial charge is 0.193 e. The van der Waals surface area contributed by atoms with Gasteiger partial charge in [-0.25, -0.2) is 0 Å². The van der Waals surface area contributed by atoms with E-state index in [0.717, 1.165) is 18.8 Å². The van der Waals surface area contributed by atoms with Crippen molar-refractivity contribution in [2.45, 2.75) is 90.3 Å². The molecule has 0 spiro atoms. The van der Waals surface area contributed by atoms with Crippen LogP contribution in [0.2, 0.25) is 36.3 Å². The van der Waals surface area contributed by atoms with E-state index >= 15 is 0 Å².